The van der Waals surface area contributed by atoms with Gasteiger partial charge in [-0.15, -0.1) is 0 Å². The fourth-order valence-electron chi connectivity index (χ4n) is 3.78. The molecule has 1 atom stereocenters. The van der Waals surface area contributed by atoms with Gasteiger partial charge in [0.2, 0.25) is 0 Å². The number of aromatic nitrogens is 1. The number of benzene rings is 2. The van der Waals surface area contributed by atoms with Gasteiger partial charge in [-0.25, -0.2) is 4.79 Å². The van der Waals surface area contributed by atoms with Crippen molar-refractivity contribution in [3.05, 3.63) is 77.5 Å². The molecule has 1 N–H and O–H groups in total. The van der Waals surface area contributed by atoms with Gasteiger partial charge in [-0.05, 0) is 66.6 Å². The van der Waals surface area contributed by atoms with E-state index in [0.29, 0.717) is 11.5 Å². The second kappa shape index (κ2) is 6.25. The van der Waals surface area contributed by atoms with Crippen molar-refractivity contribution < 1.29 is 9.90 Å². The Morgan fingerprint density at radius 1 is 1.08 bits per heavy atom. The van der Waals surface area contributed by atoms with Gasteiger partial charge in [0.25, 0.3) is 0 Å². The maximum absolute atomic E-state index is 11.1. The quantitative estimate of drug-likeness (QED) is 0.736. The molecular weight excluding hydrogens is 310 g/mol. The molecule has 0 bridgehead atoms. The third-order valence-electron chi connectivity index (χ3n) is 5.08. The molecule has 0 fully saturated rings. The first kappa shape index (κ1) is 15.7. The lowest BCUT2D eigenvalue weighted by molar-refractivity contribution is 0.0697. The first-order valence-corrected chi connectivity index (χ1v) is 8.76. The SMILES string of the molecule is C[C@@H]1CCc2c(cc(-c3ccccc3)n2-c2ccc(C(=O)O)cc2)C1. The van der Waals surface area contributed by atoms with Crippen LogP contribution in [0.3, 0.4) is 0 Å². The van der Waals surface area contributed by atoms with E-state index in [1.54, 1.807) is 12.1 Å². The number of nitrogens with zero attached hydrogens (tertiary/aromatic N) is 1. The van der Waals surface area contributed by atoms with Crippen LogP contribution in [-0.4, -0.2) is 15.6 Å². The Hall–Kier alpha value is -2.81. The van der Waals surface area contributed by atoms with Crippen LogP contribution in [0.25, 0.3) is 16.9 Å². The van der Waals surface area contributed by atoms with Crippen molar-refractivity contribution in [2.45, 2.75) is 26.2 Å². The van der Waals surface area contributed by atoms with Crippen LogP contribution in [-0.2, 0) is 12.8 Å². The van der Waals surface area contributed by atoms with Crippen LogP contribution in [0, 0.1) is 5.92 Å². The van der Waals surface area contributed by atoms with E-state index < -0.39 is 5.97 Å². The van der Waals surface area contributed by atoms with Crippen LogP contribution in [0.2, 0.25) is 0 Å². The number of hydrogen-bond acceptors (Lipinski definition) is 1. The van der Waals surface area contributed by atoms with Gasteiger partial charge in [0.05, 0.1) is 11.3 Å². The van der Waals surface area contributed by atoms with Crippen LogP contribution in [0.4, 0.5) is 0 Å². The van der Waals surface area contributed by atoms with Gasteiger partial charge in [0.1, 0.15) is 0 Å². The Morgan fingerprint density at radius 2 is 1.80 bits per heavy atom. The van der Waals surface area contributed by atoms with Crippen LogP contribution in [0.15, 0.2) is 60.7 Å². The standard InChI is InChI=1S/C22H21NO2/c1-15-7-12-20-18(13-15)14-21(16-5-3-2-4-6-16)23(20)19-10-8-17(9-11-19)22(24)25/h2-6,8-11,14-15H,7,12-13H2,1H3,(H,24,25)/t15-/m1/s1. The molecule has 0 saturated heterocycles. The predicted octanol–water partition coefficient (Wildman–Crippen LogP) is 4.97. The molecule has 3 heteroatoms. The molecule has 0 radical (unpaired) electrons. The van der Waals surface area contributed by atoms with E-state index in [0.717, 1.165) is 18.5 Å². The first-order valence-electron chi connectivity index (χ1n) is 8.76. The molecule has 1 aliphatic rings. The van der Waals surface area contributed by atoms with Crippen molar-refractivity contribution in [3.63, 3.8) is 0 Å². The summed E-state index contributed by atoms with van der Waals surface area (Å²) in [7, 11) is 0. The van der Waals surface area contributed by atoms with E-state index in [-0.39, 0.29) is 0 Å². The number of carboxylic acids is 1. The molecule has 3 aromatic rings. The van der Waals surface area contributed by atoms with Crippen molar-refractivity contribution in [2.24, 2.45) is 5.92 Å². The molecule has 0 unspecified atom stereocenters. The van der Waals surface area contributed by atoms with Crippen molar-refractivity contribution in [1.29, 1.82) is 0 Å². The molecule has 25 heavy (non-hydrogen) atoms. The summed E-state index contributed by atoms with van der Waals surface area (Å²) < 4.78 is 2.31. The Labute approximate surface area is 147 Å². The summed E-state index contributed by atoms with van der Waals surface area (Å²) in [5, 5.41) is 9.15. The second-order valence-electron chi connectivity index (χ2n) is 6.90. The fraction of sp³-hybridized carbons (Fsp3) is 0.227. The van der Waals surface area contributed by atoms with E-state index >= 15 is 0 Å². The number of rotatable bonds is 3. The minimum atomic E-state index is -0.891. The topological polar surface area (TPSA) is 42.2 Å². The van der Waals surface area contributed by atoms with E-state index in [9.17, 15) is 4.79 Å². The Morgan fingerprint density at radius 3 is 2.48 bits per heavy atom. The zero-order valence-electron chi connectivity index (χ0n) is 14.3. The van der Waals surface area contributed by atoms with Gasteiger partial charge < -0.3 is 9.67 Å². The van der Waals surface area contributed by atoms with Gasteiger partial charge in [-0.1, -0.05) is 37.3 Å². The predicted molar refractivity (Wildman–Crippen MR) is 99.4 cm³/mol. The summed E-state index contributed by atoms with van der Waals surface area (Å²) in [4.78, 5) is 11.1. The molecule has 0 saturated carbocycles. The highest BCUT2D eigenvalue weighted by Gasteiger charge is 2.23. The van der Waals surface area contributed by atoms with Gasteiger partial charge in [0, 0.05) is 11.4 Å². The zero-order chi connectivity index (χ0) is 17.4. The van der Waals surface area contributed by atoms with Gasteiger partial charge >= 0.3 is 5.97 Å². The van der Waals surface area contributed by atoms with Gasteiger partial charge in [-0.2, -0.15) is 0 Å². The third kappa shape index (κ3) is 2.86. The summed E-state index contributed by atoms with van der Waals surface area (Å²) in [5.74, 6) is -0.181. The summed E-state index contributed by atoms with van der Waals surface area (Å²) >= 11 is 0. The van der Waals surface area contributed by atoms with Crippen molar-refractivity contribution >= 4 is 5.97 Å². The van der Waals surface area contributed by atoms with E-state index in [1.807, 2.05) is 18.2 Å². The van der Waals surface area contributed by atoms with Crippen molar-refractivity contribution in [2.75, 3.05) is 0 Å². The molecule has 0 amide bonds. The number of fused-ring (bicyclic) bond motifs is 1. The first-order chi connectivity index (χ1) is 12.1. The summed E-state index contributed by atoms with van der Waals surface area (Å²) in [5.41, 5.74) is 6.49. The molecule has 1 heterocycles. The van der Waals surface area contributed by atoms with Crippen molar-refractivity contribution in [1.82, 2.24) is 4.57 Å². The highest BCUT2D eigenvalue weighted by atomic mass is 16.4. The van der Waals surface area contributed by atoms with E-state index in [1.165, 1.54) is 28.9 Å². The summed E-state index contributed by atoms with van der Waals surface area (Å²) in [6.45, 7) is 2.31. The number of carboxylic acid groups (broad SMARTS) is 1. The fourth-order valence-corrected chi connectivity index (χ4v) is 3.78. The highest BCUT2D eigenvalue weighted by molar-refractivity contribution is 5.87. The van der Waals surface area contributed by atoms with Crippen LogP contribution < -0.4 is 0 Å². The normalized spacial score (nSPS) is 16.4. The molecule has 0 aliphatic heterocycles. The minimum absolute atomic E-state index is 0.319. The van der Waals surface area contributed by atoms with E-state index in [2.05, 4.69) is 41.8 Å². The molecule has 1 aromatic heterocycles. The lowest BCUT2D eigenvalue weighted by Gasteiger charge is -2.21. The summed E-state index contributed by atoms with van der Waals surface area (Å²) in [6.07, 6.45) is 3.36. The average Bonchev–Trinajstić information content (AvgIpc) is 3.01. The second-order valence-corrected chi connectivity index (χ2v) is 6.90. The summed E-state index contributed by atoms with van der Waals surface area (Å²) in [6, 6.07) is 19.9. The van der Waals surface area contributed by atoms with E-state index in [4.69, 9.17) is 5.11 Å². The molecule has 126 valence electrons. The lowest BCUT2D eigenvalue weighted by Crippen LogP contribution is -2.13. The Balaban J connectivity index is 1.89. The molecule has 0 spiro atoms. The smallest absolute Gasteiger partial charge is 0.335 e. The number of carbonyl (C=O) groups is 1. The largest absolute Gasteiger partial charge is 0.478 e. The van der Waals surface area contributed by atoms with Crippen molar-refractivity contribution in [3.8, 4) is 16.9 Å². The lowest BCUT2D eigenvalue weighted by atomic mass is 9.89. The highest BCUT2D eigenvalue weighted by Crippen LogP contribution is 2.35. The van der Waals surface area contributed by atoms with Gasteiger partial charge in [0.15, 0.2) is 0 Å². The third-order valence-corrected chi connectivity index (χ3v) is 5.08. The zero-order valence-corrected chi connectivity index (χ0v) is 14.3. The molecule has 1 aliphatic carbocycles. The maximum Gasteiger partial charge on any atom is 0.335 e. The Kier molecular flexibility index (Phi) is 3.92. The van der Waals surface area contributed by atoms with Crippen LogP contribution in [0.5, 0.6) is 0 Å². The Bertz CT molecular complexity index is 907. The minimum Gasteiger partial charge on any atom is -0.478 e. The van der Waals surface area contributed by atoms with Crippen LogP contribution >= 0.6 is 0 Å². The molecule has 4 rings (SSSR count). The van der Waals surface area contributed by atoms with Gasteiger partial charge in [-0.3, -0.25) is 0 Å². The molecule has 2 aromatic carbocycles. The average molecular weight is 331 g/mol. The number of aromatic carboxylic acids is 1. The maximum atomic E-state index is 11.1. The molecular formula is C22H21NO2. The number of hydrogen-bond donors (Lipinski definition) is 1. The monoisotopic (exact) mass is 331 g/mol. The van der Waals surface area contributed by atoms with Crippen LogP contribution in [0.1, 0.15) is 35.0 Å². The molecule has 3 nitrogen and oxygen atoms in total.